The molecule has 0 unspecified atom stereocenters. The van der Waals surface area contributed by atoms with Crippen molar-refractivity contribution in [1.82, 2.24) is 15.5 Å². The molecule has 0 aliphatic carbocycles. The largest absolute Gasteiger partial charge is 0.379 e. The summed E-state index contributed by atoms with van der Waals surface area (Å²) >= 11 is 0. The number of primary amides is 1. The number of hydrogen-bond donors (Lipinski definition) is 3. The number of nitrogens with two attached hydrogens (primary N) is 1. The molecule has 0 bridgehead atoms. The number of nitrogens with one attached hydrogen (secondary N) is 2. The summed E-state index contributed by atoms with van der Waals surface area (Å²) in [4.78, 5) is 16.6. The average molecular weight is 215 g/mol. The van der Waals surface area contributed by atoms with E-state index in [4.69, 9.17) is 10.5 Å². The van der Waals surface area contributed by atoms with Gasteiger partial charge in [0.25, 0.3) is 0 Å². The number of carbonyl (C=O) groups is 1. The fraction of sp³-hybridized carbons (Fsp3) is 0.750. The Kier molecular flexibility index (Phi) is 4.85. The Morgan fingerprint density at radius 1 is 1.53 bits per heavy atom. The van der Waals surface area contributed by atoms with Gasteiger partial charge in [0, 0.05) is 20.1 Å². The van der Waals surface area contributed by atoms with Gasteiger partial charge in [0.15, 0.2) is 5.96 Å². The molecule has 1 rings (SSSR count). The van der Waals surface area contributed by atoms with E-state index >= 15 is 0 Å². The lowest BCUT2D eigenvalue weighted by Crippen LogP contribution is -2.49. The van der Waals surface area contributed by atoms with E-state index in [9.17, 15) is 4.79 Å². The molecule has 0 atom stereocenters. The molecule has 0 aromatic carbocycles. The van der Waals surface area contributed by atoms with Crippen LogP contribution in [0.1, 0.15) is 0 Å². The summed E-state index contributed by atoms with van der Waals surface area (Å²) in [6.07, 6.45) is 0. The number of amides is 2. The van der Waals surface area contributed by atoms with Crippen LogP contribution in [0.25, 0.3) is 0 Å². The summed E-state index contributed by atoms with van der Waals surface area (Å²) in [6, 6.07) is -0.620. The molecule has 0 saturated carbocycles. The van der Waals surface area contributed by atoms with Crippen molar-refractivity contribution in [1.29, 1.82) is 0 Å². The maximum Gasteiger partial charge on any atom is 0.318 e. The molecule has 15 heavy (non-hydrogen) atoms. The second kappa shape index (κ2) is 6.20. The fourth-order valence-corrected chi connectivity index (χ4v) is 1.24. The molecule has 2 amide bonds. The highest BCUT2D eigenvalue weighted by Crippen LogP contribution is 1.93. The van der Waals surface area contributed by atoms with Gasteiger partial charge in [0.2, 0.25) is 0 Å². The van der Waals surface area contributed by atoms with Gasteiger partial charge in [-0.3, -0.25) is 15.2 Å². The number of ether oxygens (including phenoxy) is 1. The molecule has 7 nitrogen and oxygen atoms in total. The second-order valence-electron chi connectivity index (χ2n) is 3.13. The lowest BCUT2D eigenvalue weighted by atomic mass is 10.4. The molecule has 1 heterocycles. The van der Waals surface area contributed by atoms with Crippen LogP contribution in [0.2, 0.25) is 0 Å². The summed E-state index contributed by atoms with van der Waals surface area (Å²) in [5, 5.41) is 5.37. The van der Waals surface area contributed by atoms with E-state index in [0.29, 0.717) is 12.6 Å². The molecular formula is C8H17N5O2. The third-order valence-electron chi connectivity index (χ3n) is 2.04. The third-order valence-corrected chi connectivity index (χ3v) is 2.04. The molecular weight excluding hydrogens is 198 g/mol. The van der Waals surface area contributed by atoms with E-state index in [1.165, 1.54) is 0 Å². The van der Waals surface area contributed by atoms with Crippen LogP contribution in [-0.2, 0) is 4.74 Å². The number of guanidine groups is 1. The summed E-state index contributed by atoms with van der Waals surface area (Å²) in [6.45, 7) is 3.85. The number of carbonyl (C=O) groups excluding carboxylic acids is 1. The first-order valence-corrected chi connectivity index (χ1v) is 4.79. The second-order valence-corrected chi connectivity index (χ2v) is 3.13. The molecule has 4 N–H and O–H groups in total. The Morgan fingerprint density at radius 3 is 2.73 bits per heavy atom. The molecule has 1 aliphatic heterocycles. The van der Waals surface area contributed by atoms with Gasteiger partial charge >= 0.3 is 6.03 Å². The highest BCUT2D eigenvalue weighted by atomic mass is 16.5. The summed E-state index contributed by atoms with van der Waals surface area (Å²) in [5.74, 6) is 0.383. The van der Waals surface area contributed by atoms with Crippen LogP contribution in [0.3, 0.4) is 0 Å². The van der Waals surface area contributed by atoms with Gasteiger partial charge in [-0.25, -0.2) is 4.79 Å². The minimum Gasteiger partial charge on any atom is -0.379 e. The SMILES string of the molecule is CN=C(NCN1CCOCC1)NC(N)=O. The predicted octanol–water partition coefficient (Wildman–Crippen LogP) is -1.48. The maximum absolute atomic E-state index is 10.6. The Labute approximate surface area is 88.7 Å². The van der Waals surface area contributed by atoms with E-state index in [1.807, 2.05) is 0 Å². The van der Waals surface area contributed by atoms with E-state index < -0.39 is 6.03 Å². The quantitative estimate of drug-likeness (QED) is 0.387. The Hall–Kier alpha value is -1.34. The normalized spacial score (nSPS) is 18.6. The van der Waals surface area contributed by atoms with Crippen LogP contribution in [0.15, 0.2) is 4.99 Å². The van der Waals surface area contributed by atoms with Crippen molar-refractivity contribution in [3.05, 3.63) is 0 Å². The number of morpholine rings is 1. The standard InChI is InChI=1S/C8H17N5O2/c1-10-8(12-7(9)14)11-6-13-2-4-15-5-3-13/h2-6H2,1H3,(H4,9,10,11,12,14). The van der Waals surface area contributed by atoms with Crippen LogP contribution in [-0.4, -0.2) is 56.9 Å². The molecule has 0 radical (unpaired) electrons. The van der Waals surface area contributed by atoms with E-state index in [1.54, 1.807) is 7.05 Å². The van der Waals surface area contributed by atoms with Gasteiger partial charge in [-0.05, 0) is 0 Å². The molecule has 0 spiro atoms. The lowest BCUT2D eigenvalue weighted by Gasteiger charge is -2.27. The molecule has 1 aliphatic rings. The van der Waals surface area contributed by atoms with Crippen molar-refractivity contribution >= 4 is 12.0 Å². The zero-order chi connectivity index (χ0) is 11.1. The maximum atomic E-state index is 10.6. The molecule has 1 saturated heterocycles. The topological polar surface area (TPSA) is 92.0 Å². The molecule has 0 aromatic heterocycles. The number of aliphatic imine (C=N–C) groups is 1. The average Bonchev–Trinajstić information content (AvgIpc) is 2.25. The van der Waals surface area contributed by atoms with Crippen molar-refractivity contribution in [2.45, 2.75) is 0 Å². The van der Waals surface area contributed by atoms with Crippen LogP contribution in [0.5, 0.6) is 0 Å². The van der Waals surface area contributed by atoms with Gasteiger partial charge in [0.1, 0.15) is 0 Å². The van der Waals surface area contributed by atoms with Crippen LogP contribution < -0.4 is 16.4 Å². The summed E-state index contributed by atoms with van der Waals surface area (Å²) < 4.78 is 5.21. The first kappa shape index (κ1) is 11.7. The third kappa shape index (κ3) is 4.61. The molecule has 86 valence electrons. The van der Waals surface area contributed by atoms with Crippen LogP contribution in [0, 0.1) is 0 Å². The van der Waals surface area contributed by atoms with Crippen molar-refractivity contribution < 1.29 is 9.53 Å². The Bertz CT molecular complexity index is 237. The highest BCUT2D eigenvalue weighted by molar-refractivity contribution is 5.95. The van der Waals surface area contributed by atoms with E-state index in [0.717, 1.165) is 26.3 Å². The Morgan fingerprint density at radius 2 is 2.20 bits per heavy atom. The molecule has 0 aromatic rings. The smallest absolute Gasteiger partial charge is 0.318 e. The van der Waals surface area contributed by atoms with Crippen molar-refractivity contribution in [3.8, 4) is 0 Å². The van der Waals surface area contributed by atoms with Gasteiger partial charge in [-0.15, -0.1) is 0 Å². The molecule has 1 fully saturated rings. The van der Waals surface area contributed by atoms with Crippen molar-refractivity contribution in [2.24, 2.45) is 10.7 Å². The number of rotatable bonds is 2. The number of nitrogens with zero attached hydrogens (tertiary/aromatic N) is 2. The van der Waals surface area contributed by atoms with E-state index in [2.05, 4.69) is 20.5 Å². The minimum absolute atomic E-state index is 0.383. The van der Waals surface area contributed by atoms with Gasteiger partial charge in [-0.1, -0.05) is 0 Å². The summed E-state index contributed by atoms with van der Waals surface area (Å²) in [7, 11) is 1.58. The zero-order valence-corrected chi connectivity index (χ0v) is 8.82. The number of urea groups is 1. The van der Waals surface area contributed by atoms with Crippen LogP contribution >= 0.6 is 0 Å². The van der Waals surface area contributed by atoms with E-state index in [-0.39, 0.29) is 0 Å². The lowest BCUT2D eigenvalue weighted by molar-refractivity contribution is 0.0366. The fourth-order valence-electron chi connectivity index (χ4n) is 1.24. The predicted molar refractivity (Wildman–Crippen MR) is 56.5 cm³/mol. The highest BCUT2D eigenvalue weighted by Gasteiger charge is 2.10. The first-order valence-electron chi connectivity index (χ1n) is 4.79. The van der Waals surface area contributed by atoms with Crippen LogP contribution in [0.4, 0.5) is 4.79 Å². The summed E-state index contributed by atoms with van der Waals surface area (Å²) in [5.41, 5.74) is 4.97. The first-order chi connectivity index (χ1) is 7.22. The zero-order valence-electron chi connectivity index (χ0n) is 8.82. The minimum atomic E-state index is -0.620. The molecule has 7 heteroatoms. The van der Waals surface area contributed by atoms with Crippen molar-refractivity contribution in [2.75, 3.05) is 40.0 Å². The van der Waals surface area contributed by atoms with Gasteiger partial charge in [-0.2, -0.15) is 0 Å². The Balaban J connectivity index is 2.24. The monoisotopic (exact) mass is 215 g/mol. The van der Waals surface area contributed by atoms with Gasteiger partial charge < -0.3 is 15.8 Å². The van der Waals surface area contributed by atoms with Crippen molar-refractivity contribution in [3.63, 3.8) is 0 Å². The van der Waals surface area contributed by atoms with Gasteiger partial charge in [0.05, 0.1) is 19.9 Å². The number of hydrogen-bond acceptors (Lipinski definition) is 4.